The van der Waals surface area contributed by atoms with Crippen LogP contribution < -0.4 is 4.57 Å². The predicted octanol–water partition coefficient (Wildman–Crippen LogP) is 4.91. The minimum Gasteiger partial charge on any atom is -0.477 e. The maximum absolute atomic E-state index is 10.6. The molecule has 0 atom stereocenters. The number of hydrogen-bond donors (Lipinski definition) is 1. The minimum atomic E-state index is -0.798. The van der Waals surface area contributed by atoms with Gasteiger partial charge in [-0.15, -0.1) is 0 Å². The summed E-state index contributed by atoms with van der Waals surface area (Å²) < 4.78 is 1.70. The van der Waals surface area contributed by atoms with E-state index in [0.29, 0.717) is 0 Å². The number of unbranched alkanes of at least 4 members (excludes halogenated alkanes) is 10. The molecule has 0 saturated carbocycles. The second-order valence-electron chi connectivity index (χ2n) is 6.56. The zero-order chi connectivity index (χ0) is 16.8. The largest absolute Gasteiger partial charge is 0.477 e. The zero-order valence-electron chi connectivity index (χ0n) is 14.8. The summed E-state index contributed by atoms with van der Waals surface area (Å²) in [6, 6.07) is 4.08. The summed E-state index contributed by atoms with van der Waals surface area (Å²) in [7, 11) is 0. The molecule has 1 aromatic rings. The van der Waals surface area contributed by atoms with Gasteiger partial charge in [-0.25, -0.2) is 4.79 Å². The average molecular weight is 320 g/mol. The first-order valence-corrected chi connectivity index (χ1v) is 9.42. The molecule has 0 bridgehead atoms. The number of aryl methyl sites for hydroxylation is 1. The molecule has 1 aromatic heterocycles. The number of carbonyl (C=O) groups is 1. The third-order valence-corrected chi connectivity index (χ3v) is 4.35. The van der Waals surface area contributed by atoms with Crippen LogP contribution in [0.15, 0.2) is 24.5 Å². The number of rotatable bonds is 14. The van der Waals surface area contributed by atoms with Crippen LogP contribution in [0, 0.1) is 0 Å². The molecule has 1 rings (SSSR count). The Morgan fingerprint density at radius 1 is 0.870 bits per heavy atom. The molecule has 1 heterocycles. The van der Waals surface area contributed by atoms with E-state index in [2.05, 4.69) is 6.92 Å². The van der Waals surface area contributed by atoms with E-state index in [9.17, 15) is 4.79 Å². The van der Waals surface area contributed by atoms with E-state index in [-0.39, 0.29) is 6.54 Å². The van der Waals surface area contributed by atoms with Gasteiger partial charge in [-0.2, -0.15) is 4.57 Å². The van der Waals surface area contributed by atoms with Crippen LogP contribution in [0.2, 0.25) is 0 Å². The van der Waals surface area contributed by atoms with Gasteiger partial charge in [0.05, 0.1) is 0 Å². The van der Waals surface area contributed by atoms with Gasteiger partial charge < -0.3 is 5.11 Å². The third-order valence-electron chi connectivity index (χ3n) is 4.35. The number of carboxylic acid groups (broad SMARTS) is 1. The number of nitrogens with zero attached hydrogens (tertiary/aromatic N) is 1. The van der Waals surface area contributed by atoms with Crippen molar-refractivity contribution in [3.8, 4) is 0 Å². The predicted molar refractivity (Wildman–Crippen MR) is 94.4 cm³/mol. The van der Waals surface area contributed by atoms with Crippen LogP contribution in [0.25, 0.3) is 0 Å². The fourth-order valence-electron chi connectivity index (χ4n) is 2.91. The van der Waals surface area contributed by atoms with Crippen LogP contribution in [0.1, 0.15) is 83.1 Å². The van der Waals surface area contributed by atoms with Gasteiger partial charge in [0.2, 0.25) is 6.54 Å². The third kappa shape index (κ3) is 10.9. The van der Waals surface area contributed by atoms with Crippen molar-refractivity contribution in [3.05, 3.63) is 30.1 Å². The Kier molecular flexibility index (Phi) is 11.2. The van der Waals surface area contributed by atoms with Crippen molar-refractivity contribution in [1.82, 2.24) is 0 Å². The van der Waals surface area contributed by atoms with Crippen LogP contribution in [0.3, 0.4) is 0 Å². The van der Waals surface area contributed by atoms with Gasteiger partial charge in [0.15, 0.2) is 12.4 Å². The molecule has 23 heavy (non-hydrogen) atoms. The van der Waals surface area contributed by atoms with Crippen molar-refractivity contribution in [2.45, 2.75) is 90.5 Å². The number of carboxylic acids is 1. The molecule has 0 aromatic carbocycles. The molecule has 0 amide bonds. The molecule has 0 unspecified atom stereocenters. The molecular formula is C20H34NO2+. The summed E-state index contributed by atoms with van der Waals surface area (Å²) in [6.07, 6.45) is 19.9. The summed E-state index contributed by atoms with van der Waals surface area (Å²) in [5.41, 5.74) is 1.31. The smallest absolute Gasteiger partial charge is 0.370 e. The van der Waals surface area contributed by atoms with Crippen LogP contribution in [-0.2, 0) is 17.8 Å². The number of aromatic nitrogens is 1. The van der Waals surface area contributed by atoms with Gasteiger partial charge in [-0.1, -0.05) is 71.1 Å². The fraction of sp³-hybridized carbons (Fsp3) is 0.700. The molecule has 3 nitrogen and oxygen atoms in total. The van der Waals surface area contributed by atoms with Crippen molar-refractivity contribution < 1.29 is 14.5 Å². The Morgan fingerprint density at radius 3 is 1.83 bits per heavy atom. The second-order valence-corrected chi connectivity index (χ2v) is 6.56. The summed E-state index contributed by atoms with van der Waals surface area (Å²) in [6.45, 7) is 2.31. The lowest BCUT2D eigenvalue weighted by Crippen LogP contribution is -2.36. The van der Waals surface area contributed by atoms with E-state index in [0.717, 1.165) is 6.42 Å². The molecule has 0 spiro atoms. The highest BCUT2D eigenvalue weighted by atomic mass is 16.4. The zero-order valence-corrected chi connectivity index (χ0v) is 14.8. The Morgan fingerprint density at radius 2 is 1.35 bits per heavy atom. The normalized spacial score (nSPS) is 10.8. The molecular weight excluding hydrogens is 286 g/mol. The van der Waals surface area contributed by atoms with E-state index in [1.54, 1.807) is 4.57 Å². The summed E-state index contributed by atoms with van der Waals surface area (Å²) in [5.74, 6) is -0.798. The highest BCUT2D eigenvalue weighted by Crippen LogP contribution is 2.12. The lowest BCUT2D eigenvalue weighted by atomic mass is 10.0. The second kappa shape index (κ2) is 13.1. The summed E-state index contributed by atoms with van der Waals surface area (Å²) in [5, 5.41) is 8.73. The van der Waals surface area contributed by atoms with Gasteiger partial charge in [-0.3, -0.25) is 0 Å². The SMILES string of the molecule is CCCCCCCCCCCCCc1cc[n+](CC(=O)O)cc1. The van der Waals surface area contributed by atoms with Crippen LogP contribution in [0.5, 0.6) is 0 Å². The Balaban J connectivity index is 1.95. The fourth-order valence-corrected chi connectivity index (χ4v) is 2.91. The van der Waals surface area contributed by atoms with Crippen molar-refractivity contribution >= 4 is 5.97 Å². The number of hydrogen-bond acceptors (Lipinski definition) is 1. The first kappa shape index (κ1) is 19.7. The highest BCUT2D eigenvalue weighted by molar-refractivity contribution is 5.64. The molecule has 3 heteroatoms. The van der Waals surface area contributed by atoms with Gasteiger partial charge in [0.25, 0.3) is 0 Å². The molecule has 1 N–H and O–H groups in total. The van der Waals surface area contributed by atoms with Crippen molar-refractivity contribution in [3.63, 3.8) is 0 Å². The topological polar surface area (TPSA) is 41.2 Å². The molecule has 0 aliphatic rings. The van der Waals surface area contributed by atoms with Crippen LogP contribution in [0.4, 0.5) is 0 Å². The van der Waals surface area contributed by atoms with Gasteiger partial charge in [0, 0.05) is 12.1 Å². The van der Waals surface area contributed by atoms with E-state index in [4.69, 9.17) is 5.11 Å². The average Bonchev–Trinajstić information content (AvgIpc) is 2.53. The Hall–Kier alpha value is -1.38. The van der Waals surface area contributed by atoms with Gasteiger partial charge >= 0.3 is 5.97 Å². The van der Waals surface area contributed by atoms with E-state index in [1.165, 1.54) is 76.2 Å². The molecule has 0 aliphatic carbocycles. The van der Waals surface area contributed by atoms with Crippen LogP contribution >= 0.6 is 0 Å². The van der Waals surface area contributed by atoms with Gasteiger partial charge in [0.1, 0.15) is 0 Å². The maximum Gasteiger partial charge on any atom is 0.370 e. The molecule has 0 saturated heterocycles. The lowest BCUT2D eigenvalue weighted by Gasteiger charge is -2.03. The lowest BCUT2D eigenvalue weighted by molar-refractivity contribution is -0.685. The Bertz CT molecular complexity index is 414. The first-order valence-electron chi connectivity index (χ1n) is 9.42. The highest BCUT2D eigenvalue weighted by Gasteiger charge is 2.06. The van der Waals surface area contributed by atoms with Crippen molar-refractivity contribution in [2.75, 3.05) is 0 Å². The standard InChI is InChI=1S/C20H33NO2/c1-2-3-4-5-6-7-8-9-10-11-12-13-19-14-16-21(17-15-19)18-20(22)23/h14-17H,2-13,18H2,1H3/p+1. The molecule has 0 radical (unpaired) electrons. The first-order chi connectivity index (χ1) is 11.2. The Labute approximate surface area is 141 Å². The maximum atomic E-state index is 10.6. The number of pyridine rings is 1. The summed E-state index contributed by atoms with van der Waals surface area (Å²) in [4.78, 5) is 10.6. The minimum absolute atomic E-state index is 0.0404. The van der Waals surface area contributed by atoms with E-state index in [1.807, 2.05) is 24.5 Å². The van der Waals surface area contributed by atoms with E-state index >= 15 is 0 Å². The van der Waals surface area contributed by atoms with Crippen LogP contribution in [-0.4, -0.2) is 11.1 Å². The molecule has 130 valence electrons. The molecule has 0 aliphatic heterocycles. The monoisotopic (exact) mass is 320 g/mol. The van der Waals surface area contributed by atoms with E-state index < -0.39 is 5.97 Å². The quantitative estimate of drug-likeness (QED) is 0.391. The molecule has 0 fully saturated rings. The number of aliphatic carboxylic acids is 1. The summed E-state index contributed by atoms with van der Waals surface area (Å²) >= 11 is 0. The van der Waals surface area contributed by atoms with Gasteiger partial charge in [-0.05, 0) is 18.4 Å². The van der Waals surface area contributed by atoms with Crippen molar-refractivity contribution in [1.29, 1.82) is 0 Å². The van der Waals surface area contributed by atoms with Crippen molar-refractivity contribution in [2.24, 2.45) is 0 Å².